The number of carbonyl (C=O) groups is 1. The molecule has 0 aliphatic heterocycles. The number of nitrogens with two attached hydrogens (primary N) is 2. The van der Waals surface area contributed by atoms with Crippen LogP contribution < -0.4 is 11.5 Å². The number of aliphatic hydroxyl groups excluding tert-OH is 2. The van der Waals surface area contributed by atoms with Gasteiger partial charge in [-0.3, -0.25) is 4.79 Å². The van der Waals surface area contributed by atoms with Crippen molar-refractivity contribution >= 4 is 5.97 Å². The van der Waals surface area contributed by atoms with E-state index in [2.05, 4.69) is 0 Å². The summed E-state index contributed by atoms with van der Waals surface area (Å²) in [5.74, 6) is -1.21. The van der Waals surface area contributed by atoms with Crippen LogP contribution in [0.2, 0.25) is 0 Å². The zero-order valence-electron chi connectivity index (χ0n) is 6.55. The summed E-state index contributed by atoms with van der Waals surface area (Å²) in [7, 11) is 0. The van der Waals surface area contributed by atoms with Crippen LogP contribution in [0.4, 0.5) is 0 Å². The topological polar surface area (TPSA) is 130 Å². The van der Waals surface area contributed by atoms with Gasteiger partial charge in [0, 0.05) is 13.0 Å². The summed E-state index contributed by atoms with van der Waals surface area (Å²) in [6.07, 6.45) is -2.50. The smallest absolute Gasteiger partial charge is 0.320 e. The average Bonchev–Trinajstić information content (AvgIpc) is 2.02. The van der Waals surface area contributed by atoms with Gasteiger partial charge in [0.1, 0.15) is 6.04 Å². The van der Waals surface area contributed by atoms with E-state index in [1.54, 1.807) is 0 Å². The molecular weight excluding hydrogens is 164 g/mol. The fourth-order valence-electron chi connectivity index (χ4n) is 0.675. The molecule has 0 aromatic heterocycles. The Morgan fingerprint density at radius 1 is 1.33 bits per heavy atom. The maximum absolute atomic E-state index is 10.2. The van der Waals surface area contributed by atoms with Crippen molar-refractivity contribution in [2.75, 3.05) is 6.54 Å². The third kappa shape index (κ3) is 3.63. The molecule has 0 aromatic carbocycles. The van der Waals surface area contributed by atoms with Gasteiger partial charge >= 0.3 is 5.97 Å². The maximum atomic E-state index is 10.2. The monoisotopic (exact) mass is 178 g/mol. The second-order valence-electron chi connectivity index (χ2n) is 2.55. The van der Waals surface area contributed by atoms with Crippen LogP contribution in [-0.4, -0.2) is 46.1 Å². The fourth-order valence-corrected chi connectivity index (χ4v) is 0.675. The second kappa shape index (κ2) is 5.04. The molecular formula is C6H14N2O4. The molecule has 0 spiro atoms. The normalized spacial score (nSPS) is 18.3. The quantitative estimate of drug-likeness (QED) is 0.315. The molecule has 0 saturated heterocycles. The second-order valence-corrected chi connectivity index (χ2v) is 2.55. The van der Waals surface area contributed by atoms with Gasteiger partial charge in [-0.1, -0.05) is 0 Å². The SMILES string of the molecule is NC[C@@H](O)[C@H](O)C[C@H](N)C(=O)O. The van der Waals surface area contributed by atoms with Crippen LogP contribution in [-0.2, 0) is 4.79 Å². The van der Waals surface area contributed by atoms with Crippen molar-refractivity contribution in [1.29, 1.82) is 0 Å². The van der Waals surface area contributed by atoms with Crippen LogP contribution >= 0.6 is 0 Å². The van der Waals surface area contributed by atoms with Gasteiger partial charge in [-0.05, 0) is 0 Å². The van der Waals surface area contributed by atoms with Crippen molar-refractivity contribution in [1.82, 2.24) is 0 Å². The minimum Gasteiger partial charge on any atom is -0.480 e. The number of rotatable bonds is 5. The highest BCUT2D eigenvalue weighted by molar-refractivity contribution is 5.73. The lowest BCUT2D eigenvalue weighted by Crippen LogP contribution is -2.41. The molecule has 0 heterocycles. The first kappa shape index (κ1) is 11.3. The summed E-state index contributed by atoms with van der Waals surface area (Å²) in [5, 5.41) is 26.3. The third-order valence-electron chi connectivity index (χ3n) is 1.50. The lowest BCUT2D eigenvalue weighted by Gasteiger charge is -2.17. The van der Waals surface area contributed by atoms with Crippen LogP contribution in [0, 0.1) is 0 Å². The predicted molar refractivity (Wildman–Crippen MR) is 41.3 cm³/mol. The van der Waals surface area contributed by atoms with E-state index >= 15 is 0 Å². The van der Waals surface area contributed by atoms with Crippen molar-refractivity contribution in [3.8, 4) is 0 Å². The highest BCUT2D eigenvalue weighted by Gasteiger charge is 2.21. The fraction of sp³-hybridized carbons (Fsp3) is 0.833. The van der Waals surface area contributed by atoms with Crippen molar-refractivity contribution in [2.24, 2.45) is 11.5 Å². The number of carboxylic acid groups (broad SMARTS) is 1. The van der Waals surface area contributed by atoms with Crippen molar-refractivity contribution in [2.45, 2.75) is 24.7 Å². The Morgan fingerprint density at radius 2 is 1.83 bits per heavy atom. The Bertz CT molecular complexity index is 152. The largest absolute Gasteiger partial charge is 0.480 e. The predicted octanol–water partition coefficient (Wildman–Crippen LogP) is -2.53. The van der Waals surface area contributed by atoms with Gasteiger partial charge in [0.25, 0.3) is 0 Å². The molecule has 0 rings (SSSR count). The molecule has 0 unspecified atom stereocenters. The molecule has 72 valence electrons. The van der Waals surface area contributed by atoms with Crippen molar-refractivity contribution in [3.05, 3.63) is 0 Å². The zero-order valence-corrected chi connectivity index (χ0v) is 6.55. The Kier molecular flexibility index (Phi) is 4.75. The van der Waals surface area contributed by atoms with E-state index in [0.29, 0.717) is 0 Å². The first-order valence-corrected chi connectivity index (χ1v) is 3.53. The zero-order chi connectivity index (χ0) is 9.72. The molecule has 0 saturated carbocycles. The lowest BCUT2D eigenvalue weighted by atomic mass is 10.1. The first-order chi connectivity index (χ1) is 5.49. The molecule has 0 aliphatic rings. The Hall–Kier alpha value is -0.690. The minimum atomic E-state index is -1.21. The highest BCUT2D eigenvalue weighted by Crippen LogP contribution is 2.00. The van der Waals surface area contributed by atoms with Gasteiger partial charge < -0.3 is 26.8 Å². The van der Waals surface area contributed by atoms with Gasteiger partial charge in [0.05, 0.1) is 12.2 Å². The van der Waals surface area contributed by atoms with E-state index in [0.717, 1.165) is 0 Å². The van der Waals surface area contributed by atoms with Gasteiger partial charge in [-0.15, -0.1) is 0 Å². The summed E-state index contributed by atoms with van der Waals surface area (Å²) in [4.78, 5) is 10.2. The molecule has 0 amide bonds. The van der Waals surface area contributed by atoms with Crippen LogP contribution in [0.15, 0.2) is 0 Å². The molecule has 3 atom stereocenters. The minimum absolute atomic E-state index is 0.118. The van der Waals surface area contributed by atoms with Crippen LogP contribution in [0.1, 0.15) is 6.42 Å². The average molecular weight is 178 g/mol. The summed E-state index contributed by atoms with van der Waals surface area (Å²) >= 11 is 0. The van der Waals surface area contributed by atoms with Gasteiger partial charge in [0.2, 0.25) is 0 Å². The Balaban J connectivity index is 3.83. The maximum Gasteiger partial charge on any atom is 0.320 e. The third-order valence-corrected chi connectivity index (χ3v) is 1.50. The van der Waals surface area contributed by atoms with Crippen molar-refractivity contribution < 1.29 is 20.1 Å². The molecule has 7 N–H and O–H groups in total. The summed E-state index contributed by atoms with van der Waals surface area (Å²) in [6.45, 7) is -0.118. The summed E-state index contributed by atoms with van der Waals surface area (Å²) < 4.78 is 0. The van der Waals surface area contributed by atoms with Gasteiger partial charge in [-0.25, -0.2) is 0 Å². The standard InChI is InChI=1S/C6H14N2O4/c7-2-5(10)4(9)1-3(8)6(11)12/h3-5,9-10H,1-2,7-8H2,(H,11,12)/t3-,4+,5+/m0/s1. The van der Waals surface area contributed by atoms with E-state index in [1.807, 2.05) is 0 Å². The molecule has 0 aliphatic carbocycles. The van der Waals surface area contributed by atoms with Gasteiger partial charge in [-0.2, -0.15) is 0 Å². The van der Waals surface area contributed by atoms with Crippen molar-refractivity contribution in [3.63, 3.8) is 0 Å². The summed E-state index contributed by atoms with van der Waals surface area (Å²) in [6, 6.07) is -1.17. The molecule has 0 bridgehead atoms. The van der Waals surface area contributed by atoms with E-state index in [4.69, 9.17) is 26.8 Å². The number of aliphatic carboxylic acids is 1. The van der Waals surface area contributed by atoms with E-state index in [-0.39, 0.29) is 13.0 Å². The molecule has 6 nitrogen and oxygen atoms in total. The number of carboxylic acids is 1. The molecule has 12 heavy (non-hydrogen) atoms. The highest BCUT2D eigenvalue weighted by atomic mass is 16.4. The number of aliphatic hydroxyl groups is 2. The van der Waals surface area contributed by atoms with Gasteiger partial charge in [0.15, 0.2) is 0 Å². The molecule has 0 aromatic rings. The number of hydrogen-bond acceptors (Lipinski definition) is 5. The van der Waals surface area contributed by atoms with E-state index in [9.17, 15) is 4.79 Å². The first-order valence-electron chi connectivity index (χ1n) is 3.53. The van der Waals surface area contributed by atoms with Crippen LogP contribution in [0.25, 0.3) is 0 Å². The van der Waals surface area contributed by atoms with Crippen LogP contribution in [0.3, 0.4) is 0 Å². The number of hydrogen-bond donors (Lipinski definition) is 5. The van der Waals surface area contributed by atoms with E-state index < -0.39 is 24.2 Å². The Labute approximate surface area is 69.8 Å². The molecule has 6 heteroatoms. The summed E-state index contributed by atoms with van der Waals surface area (Å²) in [5.41, 5.74) is 10.1. The lowest BCUT2D eigenvalue weighted by molar-refractivity contribution is -0.139. The molecule has 0 radical (unpaired) electrons. The van der Waals surface area contributed by atoms with Crippen LogP contribution in [0.5, 0.6) is 0 Å². The molecule has 0 fully saturated rings. The van der Waals surface area contributed by atoms with E-state index in [1.165, 1.54) is 0 Å². The Morgan fingerprint density at radius 3 is 2.17 bits per heavy atom.